The van der Waals surface area contributed by atoms with E-state index in [0.29, 0.717) is 0 Å². The van der Waals surface area contributed by atoms with Crippen LogP contribution in [0.1, 0.15) is 30.9 Å². The van der Waals surface area contributed by atoms with Crippen LogP contribution in [0.5, 0.6) is 5.75 Å². The van der Waals surface area contributed by atoms with Crippen LogP contribution >= 0.6 is 0 Å². The highest BCUT2D eigenvalue weighted by molar-refractivity contribution is 6.07. The van der Waals surface area contributed by atoms with Crippen molar-refractivity contribution in [3.8, 4) is 5.75 Å². The first kappa shape index (κ1) is 16.8. The van der Waals surface area contributed by atoms with Gasteiger partial charge in [0.05, 0.1) is 7.11 Å². The van der Waals surface area contributed by atoms with E-state index < -0.39 is 5.54 Å². The van der Waals surface area contributed by atoms with E-state index in [-0.39, 0.29) is 17.9 Å². The van der Waals surface area contributed by atoms with Gasteiger partial charge >= 0.3 is 6.03 Å². The van der Waals surface area contributed by atoms with Gasteiger partial charge in [-0.2, -0.15) is 0 Å². The molecule has 2 aliphatic rings. The maximum atomic E-state index is 12.2. The van der Waals surface area contributed by atoms with Crippen molar-refractivity contribution in [1.29, 1.82) is 0 Å². The average molecular weight is 331 g/mol. The quantitative estimate of drug-likeness (QED) is 0.826. The van der Waals surface area contributed by atoms with Gasteiger partial charge in [0, 0.05) is 24.6 Å². The van der Waals surface area contributed by atoms with Crippen molar-refractivity contribution >= 4 is 11.9 Å². The smallest absolute Gasteiger partial charge is 0.322 e. The zero-order chi connectivity index (χ0) is 17.3. The number of ether oxygens (including phenoxy) is 1. The maximum Gasteiger partial charge on any atom is 0.322 e. The Balaban J connectivity index is 1.74. The maximum absolute atomic E-state index is 12.2. The van der Waals surface area contributed by atoms with Crippen LogP contribution in [-0.2, 0) is 11.3 Å². The fourth-order valence-electron chi connectivity index (χ4n) is 3.79. The number of nitrogens with zero attached hydrogens (tertiary/aromatic N) is 1. The molecule has 1 aromatic carbocycles. The molecule has 0 spiro atoms. The van der Waals surface area contributed by atoms with Gasteiger partial charge in [-0.3, -0.25) is 15.0 Å². The first-order chi connectivity index (χ1) is 11.4. The highest BCUT2D eigenvalue weighted by Crippen LogP contribution is 2.31. The molecule has 130 valence electrons. The van der Waals surface area contributed by atoms with Gasteiger partial charge < -0.3 is 10.1 Å². The molecule has 0 saturated carbocycles. The number of likely N-dealkylation sites (tertiary alicyclic amines) is 1. The molecule has 2 fully saturated rings. The summed E-state index contributed by atoms with van der Waals surface area (Å²) >= 11 is 0. The lowest BCUT2D eigenvalue weighted by Gasteiger charge is -2.39. The van der Waals surface area contributed by atoms with Crippen LogP contribution in [0.3, 0.4) is 0 Å². The minimum absolute atomic E-state index is 0.105. The van der Waals surface area contributed by atoms with Crippen LogP contribution in [-0.4, -0.2) is 42.6 Å². The fourth-order valence-corrected chi connectivity index (χ4v) is 3.79. The van der Waals surface area contributed by atoms with Crippen molar-refractivity contribution in [3.63, 3.8) is 0 Å². The van der Waals surface area contributed by atoms with Crippen molar-refractivity contribution in [2.24, 2.45) is 5.92 Å². The van der Waals surface area contributed by atoms with Crippen molar-refractivity contribution in [1.82, 2.24) is 15.5 Å². The zero-order valence-electron chi connectivity index (χ0n) is 14.5. The van der Waals surface area contributed by atoms with Crippen LogP contribution < -0.4 is 15.4 Å². The van der Waals surface area contributed by atoms with E-state index >= 15 is 0 Å². The standard InChI is InChI=1S/C18H25N3O3/c1-12-6-7-15(24-3)13(9-12)10-21-8-4-5-14(11-21)18(2)16(22)19-17(23)20-18/h6-7,9,14H,4-5,8,10-11H2,1-3H3,(H2,19,20,22,23)/t14-,18-/m0/s1. The fraction of sp³-hybridized carbons (Fsp3) is 0.556. The van der Waals surface area contributed by atoms with E-state index in [1.54, 1.807) is 7.11 Å². The molecule has 0 radical (unpaired) electrons. The lowest BCUT2D eigenvalue weighted by Crippen LogP contribution is -2.55. The predicted octanol–water partition coefficient (Wildman–Crippen LogP) is 1.81. The van der Waals surface area contributed by atoms with Gasteiger partial charge in [0.2, 0.25) is 0 Å². The number of methoxy groups -OCH3 is 1. The van der Waals surface area contributed by atoms with E-state index in [2.05, 4.69) is 28.5 Å². The topological polar surface area (TPSA) is 70.7 Å². The van der Waals surface area contributed by atoms with E-state index in [1.165, 1.54) is 5.56 Å². The number of imide groups is 1. The summed E-state index contributed by atoms with van der Waals surface area (Å²) in [4.78, 5) is 26.1. The molecule has 24 heavy (non-hydrogen) atoms. The third-order valence-electron chi connectivity index (χ3n) is 5.22. The largest absolute Gasteiger partial charge is 0.496 e. The number of piperidine rings is 1. The number of urea groups is 1. The number of aryl methyl sites for hydroxylation is 1. The first-order valence-corrected chi connectivity index (χ1v) is 8.42. The molecule has 1 aromatic rings. The molecule has 2 saturated heterocycles. The van der Waals surface area contributed by atoms with Gasteiger partial charge in [-0.25, -0.2) is 4.79 Å². The van der Waals surface area contributed by atoms with E-state index in [1.807, 2.05) is 19.1 Å². The van der Waals surface area contributed by atoms with Crippen molar-refractivity contribution in [2.75, 3.05) is 20.2 Å². The monoisotopic (exact) mass is 331 g/mol. The van der Waals surface area contributed by atoms with Gasteiger partial charge in [-0.15, -0.1) is 0 Å². The molecule has 0 aromatic heterocycles. The average Bonchev–Trinajstić information content (AvgIpc) is 2.81. The second-order valence-electron chi connectivity index (χ2n) is 7.00. The molecule has 0 unspecified atom stereocenters. The molecule has 0 bridgehead atoms. The molecule has 2 N–H and O–H groups in total. The second-order valence-corrected chi connectivity index (χ2v) is 7.00. The van der Waals surface area contributed by atoms with Crippen LogP contribution in [0.4, 0.5) is 4.79 Å². The lowest BCUT2D eigenvalue weighted by molar-refractivity contribution is -0.126. The summed E-state index contributed by atoms with van der Waals surface area (Å²) in [6.07, 6.45) is 1.95. The summed E-state index contributed by atoms with van der Waals surface area (Å²) in [5.74, 6) is 0.779. The number of rotatable bonds is 4. The van der Waals surface area contributed by atoms with Gasteiger partial charge in [-0.1, -0.05) is 17.7 Å². The highest BCUT2D eigenvalue weighted by atomic mass is 16.5. The number of benzene rings is 1. The molecule has 0 aliphatic carbocycles. The number of carbonyl (C=O) groups excluding carboxylic acids is 2. The molecule has 3 rings (SSSR count). The number of amides is 3. The Hall–Kier alpha value is -2.08. The minimum Gasteiger partial charge on any atom is -0.496 e. The normalized spacial score (nSPS) is 27.7. The molecule has 2 heterocycles. The molecular weight excluding hydrogens is 306 g/mol. The van der Waals surface area contributed by atoms with Gasteiger partial charge in [0.25, 0.3) is 5.91 Å². The highest BCUT2D eigenvalue weighted by Gasteiger charge is 2.48. The van der Waals surface area contributed by atoms with Crippen LogP contribution in [0.15, 0.2) is 18.2 Å². The number of carbonyl (C=O) groups is 2. The van der Waals surface area contributed by atoms with E-state index in [9.17, 15) is 9.59 Å². The van der Waals surface area contributed by atoms with Gasteiger partial charge in [-0.05, 0) is 39.3 Å². The first-order valence-electron chi connectivity index (χ1n) is 8.42. The summed E-state index contributed by atoms with van der Waals surface area (Å²) in [6, 6.07) is 5.80. The Bertz CT molecular complexity index is 661. The molecular formula is C18H25N3O3. The Morgan fingerprint density at radius 3 is 2.83 bits per heavy atom. The SMILES string of the molecule is COc1ccc(C)cc1CN1CCC[C@H]([C@]2(C)NC(=O)NC2=O)C1. The third-order valence-corrected chi connectivity index (χ3v) is 5.22. The Kier molecular flexibility index (Phi) is 4.49. The molecule has 6 heteroatoms. The Morgan fingerprint density at radius 1 is 1.38 bits per heavy atom. The van der Waals surface area contributed by atoms with Gasteiger partial charge in [0.15, 0.2) is 0 Å². The number of hydrogen-bond donors (Lipinski definition) is 2. The summed E-state index contributed by atoms with van der Waals surface area (Å²) in [5, 5.41) is 5.18. The van der Waals surface area contributed by atoms with Crippen LogP contribution in [0.25, 0.3) is 0 Å². The number of nitrogens with one attached hydrogen (secondary N) is 2. The summed E-state index contributed by atoms with van der Waals surface area (Å²) < 4.78 is 5.47. The molecule has 2 atom stereocenters. The third kappa shape index (κ3) is 3.11. The van der Waals surface area contributed by atoms with E-state index in [4.69, 9.17) is 4.74 Å². The van der Waals surface area contributed by atoms with E-state index in [0.717, 1.165) is 43.8 Å². The summed E-state index contributed by atoms with van der Waals surface area (Å²) in [5.41, 5.74) is 1.55. The Labute approximate surface area is 142 Å². The van der Waals surface area contributed by atoms with Crippen molar-refractivity contribution in [3.05, 3.63) is 29.3 Å². The van der Waals surface area contributed by atoms with Crippen LogP contribution in [0.2, 0.25) is 0 Å². The molecule has 2 aliphatic heterocycles. The van der Waals surface area contributed by atoms with Gasteiger partial charge in [0.1, 0.15) is 11.3 Å². The van der Waals surface area contributed by atoms with Crippen molar-refractivity contribution in [2.45, 2.75) is 38.8 Å². The molecule has 3 amide bonds. The molecule has 6 nitrogen and oxygen atoms in total. The second kappa shape index (κ2) is 6.43. The predicted molar refractivity (Wildman–Crippen MR) is 90.8 cm³/mol. The van der Waals surface area contributed by atoms with Crippen LogP contribution in [0, 0.1) is 12.8 Å². The zero-order valence-corrected chi connectivity index (χ0v) is 14.5. The summed E-state index contributed by atoms with van der Waals surface area (Å²) in [6.45, 7) is 6.45. The number of hydrogen-bond acceptors (Lipinski definition) is 4. The summed E-state index contributed by atoms with van der Waals surface area (Å²) in [7, 11) is 1.69. The Morgan fingerprint density at radius 2 is 2.17 bits per heavy atom. The van der Waals surface area contributed by atoms with Crippen molar-refractivity contribution < 1.29 is 14.3 Å². The lowest BCUT2D eigenvalue weighted by atomic mass is 9.80. The minimum atomic E-state index is -0.813.